The second-order valence-electron chi connectivity index (χ2n) is 17.5. The van der Waals surface area contributed by atoms with Gasteiger partial charge in [-0.05, 0) is 114 Å². The van der Waals surface area contributed by atoms with Crippen molar-refractivity contribution in [3.05, 3.63) is 46.5 Å². The van der Waals surface area contributed by atoms with Crippen molar-refractivity contribution < 1.29 is 32.3 Å². The van der Waals surface area contributed by atoms with Crippen molar-refractivity contribution >= 4 is 17.5 Å². The predicted octanol–water partition coefficient (Wildman–Crippen LogP) is 9.73. The van der Waals surface area contributed by atoms with E-state index in [4.69, 9.17) is 4.74 Å². The second-order valence-corrected chi connectivity index (χ2v) is 17.5. The van der Waals surface area contributed by atoms with Gasteiger partial charge < -0.3 is 4.74 Å². The van der Waals surface area contributed by atoms with E-state index in [1.807, 2.05) is 13.8 Å². The summed E-state index contributed by atoms with van der Waals surface area (Å²) in [5.41, 5.74) is -0.348. The van der Waals surface area contributed by atoms with Gasteiger partial charge in [0, 0.05) is 25.2 Å². The molecule has 47 heavy (non-hydrogen) atoms. The van der Waals surface area contributed by atoms with Crippen LogP contribution in [0.25, 0.3) is 0 Å². The summed E-state index contributed by atoms with van der Waals surface area (Å²) in [6.45, 7) is 17.5. The summed E-state index contributed by atoms with van der Waals surface area (Å²) >= 11 is 0. The van der Waals surface area contributed by atoms with Gasteiger partial charge in [-0.2, -0.15) is 13.2 Å². The van der Waals surface area contributed by atoms with Crippen LogP contribution < -0.4 is 0 Å². The molecule has 6 rings (SSSR count). The van der Waals surface area contributed by atoms with E-state index in [0.717, 1.165) is 62.2 Å². The Morgan fingerprint density at radius 1 is 0.894 bits per heavy atom. The Morgan fingerprint density at radius 3 is 2.21 bits per heavy atom. The number of carbonyl (C=O) groups excluding carboxylic acids is 3. The van der Waals surface area contributed by atoms with Crippen molar-refractivity contribution in [1.82, 2.24) is 0 Å². The Labute approximate surface area is 278 Å². The van der Waals surface area contributed by atoms with Crippen molar-refractivity contribution in [1.29, 1.82) is 0 Å². The van der Waals surface area contributed by atoms with E-state index in [2.05, 4.69) is 34.6 Å². The van der Waals surface area contributed by atoms with Crippen LogP contribution in [0, 0.1) is 50.7 Å². The lowest BCUT2D eigenvalue weighted by Gasteiger charge is -2.72. The van der Waals surface area contributed by atoms with Crippen LogP contribution in [-0.2, 0) is 31.7 Å². The number of ether oxygens (including phenoxy) is 1. The lowest BCUT2D eigenvalue weighted by molar-refractivity contribution is -0.232. The quantitative estimate of drug-likeness (QED) is 0.297. The predicted molar refractivity (Wildman–Crippen MR) is 175 cm³/mol. The minimum atomic E-state index is -4.55. The van der Waals surface area contributed by atoms with E-state index in [1.54, 1.807) is 6.07 Å². The summed E-state index contributed by atoms with van der Waals surface area (Å²) in [4.78, 5) is 40.5. The number of ketones is 2. The van der Waals surface area contributed by atoms with E-state index in [9.17, 15) is 27.6 Å². The maximum Gasteiger partial charge on any atom is 0.416 e. The van der Waals surface area contributed by atoms with Crippen LogP contribution in [0.2, 0.25) is 0 Å². The largest absolute Gasteiger partial charge is 0.462 e. The van der Waals surface area contributed by atoms with Crippen molar-refractivity contribution in [3.63, 3.8) is 0 Å². The fraction of sp³-hybridized carbons (Fsp3) is 0.725. The highest BCUT2D eigenvalue weighted by atomic mass is 19.4. The normalized spacial score (nSPS) is 39.5. The zero-order valence-corrected chi connectivity index (χ0v) is 29.5. The molecule has 0 saturated heterocycles. The highest BCUT2D eigenvalue weighted by Gasteiger charge is 2.71. The van der Waals surface area contributed by atoms with Crippen molar-refractivity contribution in [2.24, 2.45) is 50.7 Å². The Kier molecular flexibility index (Phi) is 8.08. The van der Waals surface area contributed by atoms with Crippen LogP contribution >= 0.6 is 0 Å². The Hall–Kier alpha value is -2.44. The molecule has 4 saturated carbocycles. The van der Waals surface area contributed by atoms with Gasteiger partial charge in [0.2, 0.25) is 0 Å². The van der Waals surface area contributed by atoms with Crippen molar-refractivity contribution in [3.8, 4) is 0 Å². The topological polar surface area (TPSA) is 60.4 Å². The number of benzene rings is 1. The lowest BCUT2D eigenvalue weighted by atomic mass is 9.33. The first kappa shape index (κ1) is 34.4. The number of hydrogen-bond donors (Lipinski definition) is 0. The first-order valence-corrected chi connectivity index (χ1v) is 17.9. The molecular formula is C40H53F3O4. The van der Waals surface area contributed by atoms with Gasteiger partial charge in [-0.3, -0.25) is 14.4 Å². The first-order chi connectivity index (χ1) is 21.7. The summed E-state index contributed by atoms with van der Waals surface area (Å²) in [7, 11) is 0. The van der Waals surface area contributed by atoms with E-state index in [0.29, 0.717) is 18.3 Å². The smallest absolute Gasteiger partial charge is 0.416 e. The maximum absolute atomic E-state index is 14.5. The molecule has 1 aromatic carbocycles. The van der Waals surface area contributed by atoms with Crippen LogP contribution in [0.4, 0.5) is 13.2 Å². The zero-order valence-electron chi connectivity index (χ0n) is 29.5. The number of hydrogen-bond acceptors (Lipinski definition) is 4. The molecule has 0 aliphatic heterocycles. The van der Waals surface area contributed by atoms with Gasteiger partial charge in [0.1, 0.15) is 11.9 Å². The van der Waals surface area contributed by atoms with E-state index >= 15 is 0 Å². The van der Waals surface area contributed by atoms with E-state index in [-0.39, 0.29) is 75.5 Å². The summed E-state index contributed by atoms with van der Waals surface area (Å²) < 4.78 is 47.9. The molecule has 5 aliphatic rings. The molecule has 258 valence electrons. The van der Waals surface area contributed by atoms with Gasteiger partial charge in [0.15, 0.2) is 5.78 Å². The molecule has 8 atom stereocenters. The number of halogens is 3. The highest BCUT2D eigenvalue weighted by Crippen LogP contribution is 2.77. The van der Waals surface area contributed by atoms with Crippen LogP contribution in [0.5, 0.6) is 0 Å². The molecule has 0 aromatic heterocycles. The number of esters is 1. The molecule has 5 aliphatic carbocycles. The molecule has 1 aromatic rings. The molecule has 0 N–H and O–H groups in total. The number of carbonyl (C=O) groups is 3. The standard InChI is InChI=1S/C40H53F3O4/c1-23(2)33-28(45)22-39(31(46)21-25-11-9-10-12-26(25)40(41,42)43)20-19-37(7)27(34(33)39)13-14-30-36(6)17-16-32(47-24(3)44)35(4,5)29(36)15-18-38(30,37)8/h9-12,23,27,29-30,32H,13-22H2,1-8H3/t27-,29+,30-,32+,36+,37-,38-,39+/m1/s1. The maximum atomic E-state index is 14.5. The fourth-order valence-corrected chi connectivity index (χ4v) is 12.6. The van der Waals surface area contributed by atoms with Crippen LogP contribution in [0.15, 0.2) is 35.4 Å². The fourth-order valence-electron chi connectivity index (χ4n) is 12.6. The molecular weight excluding hydrogens is 601 g/mol. The van der Waals surface area contributed by atoms with Crippen molar-refractivity contribution in [2.75, 3.05) is 0 Å². The third kappa shape index (κ3) is 4.85. The molecule has 0 spiro atoms. The number of alkyl halides is 3. The molecule has 4 fully saturated rings. The molecule has 0 bridgehead atoms. The molecule has 4 nitrogen and oxygen atoms in total. The van der Waals surface area contributed by atoms with Gasteiger partial charge in [-0.25, -0.2) is 0 Å². The molecule has 0 heterocycles. The molecule has 0 amide bonds. The van der Waals surface area contributed by atoms with E-state index < -0.39 is 17.2 Å². The SMILES string of the molecule is CC(=O)O[C@H]1CC[C@]2(C)[C@H]3CC[C@@H]4C5=C(C(C)C)C(=O)C[C@]5(C(=O)Cc5ccccc5C(F)(F)F)CC[C@@]4(C)[C@]3(C)CC[C@H]2C1(C)C. The summed E-state index contributed by atoms with van der Waals surface area (Å²) in [6, 6.07) is 5.38. The monoisotopic (exact) mass is 654 g/mol. The number of fused-ring (bicyclic) bond motifs is 7. The lowest BCUT2D eigenvalue weighted by Crippen LogP contribution is -2.66. The molecule has 0 radical (unpaired) electrons. The Balaban J connectivity index is 1.39. The van der Waals surface area contributed by atoms with Gasteiger partial charge >= 0.3 is 12.1 Å². The average molecular weight is 655 g/mol. The van der Waals surface area contributed by atoms with Gasteiger partial charge in [0.05, 0.1) is 11.0 Å². The first-order valence-electron chi connectivity index (χ1n) is 17.9. The summed E-state index contributed by atoms with van der Waals surface area (Å²) in [5, 5.41) is 0. The number of rotatable bonds is 5. The number of Topliss-reactive ketones (excluding diaryl/α,β-unsaturated/α-hetero) is 2. The second kappa shape index (κ2) is 11.0. The van der Waals surface area contributed by atoms with Gasteiger partial charge in [-0.15, -0.1) is 0 Å². The van der Waals surface area contributed by atoms with Gasteiger partial charge in [-0.1, -0.05) is 66.7 Å². The van der Waals surface area contributed by atoms with Crippen LogP contribution in [0.1, 0.15) is 124 Å². The van der Waals surface area contributed by atoms with Gasteiger partial charge in [0.25, 0.3) is 0 Å². The van der Waals surface area contributed by atoms with E-state index in [1.165, 1.54) is 19.1 Å². The average Bonchev–Trinajstić information content (AvgIpc) is 3.28. The Bertz CT molecular complexity index is 1520. The van der Waals surface area contributed by atoms with Crippen molar-refractivity contribution in [2.45, 2.75) is 132 Å². The number of allylic oxidation sites excluding steroid dienone is 2. The third-order valence-electron chi connectivity index (χ3n) is 14.9. The Morgan fingerprint density at radius 2 is 1.57 bits per heavy atom. The zero-order chi connectivity index (χ0) is 34.5. The molecule has 0 unspecified atom stereocenters. The van der Waals surface area contributed by atoms with Crippen LogP contribution in [0.3, 0.4) is 0 Å². The summed E-state index contributed by atoms with van der Waals surface area (Å²) in [5.74, 6) is 0.371. The minimum Gasteiger partial charge on any atom is -0.462 e. The highest BCUT2D eigenvalue weighted by molar-refractivity contribution is 6.07. The third-order valence-corrected chi connectivity index (χ3v) is 14.9. The molecule has 7 heteroatoms. The summed E-state index contributed by atoms with van der Waals surface area (Å²) in [6.07, 6.45) is 2.17. The minimum absolute atomic E-state index is 0.00481. The van der Waals surface area contributed by atoms with Crippen LogP contribution in [-0.4, -0.2) is 23.6 Å².